The molecule has 0 aliphatic carbocycles. The topological polar surface area (TPSA) is 34.4 Å². The van der Waals surface area contributed by atoms with Gasteiger partial charge in [-0.3, -0.25) is 0 Å². The van der Waals surface area contributed by atoms with Crippen molar-refractivity contribution in [2.45, 2.75) is 26.0 Å². The van der Waals surface area contributed by atoms with Crippen LogP contribution in [0.15, 0.2) is 28.7 Å². The average molecular weight is 291 g/mol. The Labute approximate surface area is 124 Å². The predicted octanol–water partition coefficient (Wildman–Crippen LogP) is 3.52. The summed E-state index contributed by atoms with van der Waals surface area (Å²) in [6.45, 7) is 5.95. The molecule has 1 aliphatic heterocycles. The first-order chi connectivity index (χ1) is 9.79. The summed E-state index contributed by atoms with van der Waals surface area (Å²) in [6, 6.07) is 8.56. The number of furan rings is 1. The SMILES string of the molecule is CCNC(c1cc2cccc(C)c2o1)C1CSCCO1. The van der Waals surface area contributed by atoms with Crippen LogP contribution in [-0.2, 0) is 4.74 Å². The molecule has 4 heteroatoms. The fraction of sp³-hybridized carbons (Fsp3) is 0.500. The van der Waals surface area contributed by atoms with Gasteiger partial charge in [-0.2, -0.15) is 11.8 Å². The van der Waals surface area contributed by atoms with Gasteiger partial charge in [0, 0.05) is 16.9 Å². The van der Waals surface area contributed by atoms with Crippen LogP contribution in [0.5, 0.6) is 0 Å². The first-order valence-electron chi connectivity index (χ1n) is 7.21. The zero-order valence-electron chi connectivity index (χ0n) is 12.0. The van der Waals surface area contributed by atoms with Gasteiger partial charge in [-0.25, -0.2) is 0 Å². The van der Waals surface area contributed by atoms with Crippen molar-refractivity contribution in [3.05, 3.63) is 35.6 Å². The lowest BCUT2D eigenvalue weighted by Crippen LogP contribution is -2.37. The molecule has 1 N–H and O–H groups in total. The Kier molecular flexibility index (Phi) is 4.34. The van der Waals surface area contributed by atoms with Crippen LogP contribution in [-0.4, -0.2) is 30.8 Å². The minimum absolute atomic E-state index is 0.139. The third-order valence-corrected chi connectivity index (χ3v) is 4.72. The number of hydrogen-bond acceptors (Lipinski definition) is 4. The standard InChI is InChI=1S/C16H21NO2S/c1-3-17-15(14-10-20-8-7-18-14)13-9-12-6-4-5-11(2)16(12)19-13/h4-6,9,14-15,17H,3,7-8,10H2,1-2H3. The number of hydrogen-bond donors (Lipinski definition) is 1. The van der Waals surface area contributed by atoms with Crippen LogP contribution in [0.1, 0.15) is 24.3 Å². The van der Waals surface area contributed by atoms with Crippen molar-refractivity contribution in [2.75, 3.05) is 24.7 Å². The van der Waals surface area contributed by atoms with E-state index in [1.165, 1.54) is 10.9 Å². The first kappa shape index (κ1) is 14.0. The van der Waals surface area contributed by atoms with Crippen LogP contribution >= 0.6 is 11.8 Å². The van der Waals surface area contributed by atoms with Crippen LogP contribution in [0.2, 0.25) is 0 Å². The summed E-state index contributed by atoms with van der Waals surface area (Å²) in [5.41, 5.74) is 2.18. The number of rotatable bonds is 4. The Morgan fingerprint density at radius 2 is 2.35 bits per heavy atom. The van der Waals surface area contributed by atoms with Crippen molar-refractivity contribution in [3.63, 3.8) is 0 Å². The lowest BCUT2D eigenvalue weighted by atomic mass is 10.1. The van der Waals surface area contributed by atoms with Gasteiger partial charge in [-0.05, 0) is 25.1 Å². The number of likely N-dealkylation sites (N-methyl/N-ethyl adjacent to an activating group) is 1. The summed E-state index contributed by atoms with van der Waals surface area (Å²) in [4.78, 5) is 0. The number of fused-ring (bicyclic) bond motifs is 1. The number of aryl methyl sites for hydroxylation is 1. The van der Waals surface area contributed by atoms with E-state index in [9.17, 15) is 0 Å². The highest BCUT2D eigenvalue weighted by Crippen LogP contribution is 2.31. The molecule has 0 saturated carbocycles. The van der Waals surface area contributed by atoms with E-state index in [4.69, 9.17) is 9.15 Å². The third-order valence-electron chi connectivity index (χ3n) is 3.70. The predicted molar refractivity (Wildman–Crippen MR) is 84.4 cm³/mol. The Balaban J connectivity index is 1.93. The number of nitrogens with one attached hydrogen (secondary N) is 1. The maximum Gasteiger partial charge on any atom is 0.137 e. The molecule has 1 aromatic carbocycles. The monoisotopic (exact) mass is 291 g/mol. The summed E-state index contributed by atoms with van der Waals surface area (Å²) in [6.07, 6.45) is 0.189. The summed E-state index contributed by atoms with van der Waals surface area (Å²) < 4.78 is 12.0. The van der Waals surface area contributed by atoms with Gasteiger partial charge in [0.1, 0.15) is 11.3 Å². The van der Waals surface area contributed by atoms with Crippen molar-refractivity contribution < 1.29 is 9.15 Å². The van der Waals surface area contributed by atoms with Gasteiger partial charge in [0.2, 0.25) is 0 Å². The lowest BCUT2D eigenvalue weighted by Gasteiger charge is -2.29. The highest BCUT2D eigenvalue weighted by Gasteiger charge is 2.28. The molecule has 1 fully saturated rings. The molecule has 1 aromatic heterocycles. The molecule has 1 saturated heterocycles. The molecule has 0 amide bonds. The summed E-state index contributed by atoms with van der Waals surface area (Å²) >= 11 is 1.96. The van der Waals surface area contributed by atoms with Crippen molar-refractivity contribution in [1.29, 1.82) is 0 Å². The molecular weight excluding hydrogens is 270 g/mol. The van der Waals surface area contributed by atoms with Gasteiger partial charge >= 0.3 is 0 Å². The fourth-order valence-corrected chi connectivity index (χ4v) is 3.62. The van der Waals surface area contributed by atoms with Crippen molar-refractivity contribution in [3.8, 4) is 0 Å². The zero-order valence-corrected chi connectivity index (χ0v) is 12.8. The maximum absolute atomic E-state index is 6.11. The normalized spacial score (nSPS) is 21.2. The molecule has 1 aliphatic rings. The van der Waals surface area contributed by atoms with Gasteiger partial charge in [-0.1, -0.05) is 25.1 Å². The second kappa shape index (κ2) is 6.20. The van der Waals surface area contributed by atoms with Crippen LogP contribution in [0.25, 0.3) is 11.0 Å². The molecule has 3 rings (SSSR count). The van der Waals surface area contributed by atoms with Gasteiger partial charge < -0.3 is 14.5 Å². The van der Waals surface area contributed by atoms with Crippen molar-refractivity contribution in [1.82, 2.24) is 5.32 Å². The number of para-hydroxylation sites is 1. The van der Waals surface area contributed by atoms with Crippen LogP contribution in [0.3, 0.4) is 0 Å². The molecule has 108 valence electrons. The highest BCUT2D eigenvalue weighted by molar-refractivity contribution is 7.99. The zero-order chi connectivity index (χ0) is 13.9. The molecule has 0 radical (unpaired) electrons. The minimum atomic E-state index is 0.139. The second-order valence-electron chi connectivity index (χ2n) is 5.16. The Hall–Kier alpha value is -0.970. The van der Waals surface area contributed by atoms with Crippen molar-refractivity contribution in [2.24, 2.45) is 0 Å². The van der Waals surface area contributed by atoms with Gasteiger partial charge in [0.25, 0.3) is 0 Å². The largest absolute Gasteiger partial charge is 0.459 e. The van der Waals surface area contributed by atoms with E-state index < -0.39 is 0 Å². The van der Waals surface area contributed by atoms with Gasteiger partial charge in [-0.15, -0.1) is 0 Å². The quantitative estimate of drug-likeness (QED) is 0.934. The number of thioether (sulfide) groups is 1. The molecule has 2 atom stereocenters. The van der Waals surface area contributed by atoms with Crippen LogP contribution < -0.4 is 5.32 Å². The highest BCUT2D eigenvalue weighted by atomic mass is 32.2. The molecule has 3 nitrogen and oxygen atoms in total. The molecule has 2 unspecified atom stereocenters. The van der Waals surface area contributed by atoms with E-state index in [-0.39, 0.29) is 12.1 Å². The summed E-state index contributed by atoms with van der Waals surface area (Å²) in [5, 5.41) is 4.69. The summed E-state index contributed by atoms with van der Waals surface area (Å²) in [7, 11) is 0. The molecule has 2 aromatic rings. The smallest absolute Gasteiger partial charge is 0.137 e. The van der Waals surface area contributed by atoms with E-state index in [1.54, 1.807) is 0 Å². The second-order valence-corrected chi connectivity index (χ2v) is 6.31. The van der Waals surface area contributed by atoms with E-state index >= 15 is 0 Å². The third kappa shape index (κ3) is 2.73. The average Bonchev–Trinajstić information content (AvgIpc) is 2.91. The van der Waals surface area contributed by atoms with E-state index in [0.717, 1.165) is 36.0 Å². The summed E-state index contributed by atoms with van der Waals surface area (Å²) in [5.74, 6) is 3.10. The van der Waals surface area contributed by atoms with Crippen LogP contribution in [0.4, 0.5) is 0 Å². The Bertz CT molecular complexity index is 575. The number of ether oxygens (including phenoxy) is 1. The lowest BCUT2D eigenvalue weighted by molar-refractivity contribution is 0.0418. The van der Waals surface area contributed by atoms with Gasteiger partial charge in [0.05, 0.1) is 18.8 Å². The Morgan fingerprint density at radius 3 is 3.05 bits per heavy atom. The number of benzene rings is 1. The Morgan fingerprint density at radius 1 is 1.45 bits per heavy atom. The molecule has 0 bridgehead atoms. The van der Waals surface area contributed by atoms with Crippen LogP contribution in [0, 0.1) is 6.92 Å². The molecular formula is C16H21NO2S. The first-order valence-corrected chi connectivity index (χ1v) is 8.37. The molecule has 20 heavy (non-hydrogen) atoms. The maximum atomic E-state index is 6.11. The minimum Gasteiger partial charge on any atom is -0.459 e. The van der Waals surface area contributed by atoms with E-state index in [1.807, 2.05) is 11.8 Å². The van der Waals surface area contributed by atoms with Gasteiger partial charge in [0.15, 0.2) is 0 Å². The van der Waals surface area contributed by atoms with E-state index in [0.29, 0.717) is 0 Å². The molecule has 2 heterocycles. The van der Waals surface area contributed by atoms with Crippen molar-refractivity contribution >= 4 is 22.7 Å². The van der Waals surface area contributed by atoms with E-state index in [2.05, 4.69) is 43.4 Å². The molecule has 0 spiro atoms. The fourth-order valence-electron chi connectivity index (χ4n) is 2.72.